The fourth-order valence-electron chi connectivity index (χ4n) is 1.66. The minimum absolute atomic E-state index is 0.0277. The van der Waals surface area contributed by atoms with Crippen molar-refractivity contribution < 1.29 is 14.0 Å². The van der Waals surface area contributed by atoms with Gasteiger partial charge in [-0.25, -0.2) is 4.39 Å². The summed E-state index contributed by atoms with van der Waals surface area (Å²) in [6.07, 6.45) is 0.102. The molecule has 0 radical (unpaired) electrons. The van der Waals surface area contributed by atoms with Crippen molar-refractivity contribution >= 4 is 29.1 Å². The number of benzene rings is 1. The van der Waals surface area contributed by atoms with Gasteiger partial charge in [-0.3, -0.25) is 14.5 Å². The predicted molar refractivity (Wildman–Crippen MR) is 61.2 cm³/mol. The average Bonchev–Trinajstić information content (AvgIpc) is 2.52. The van der Waals surface area contributed by atoms with Gasteiger partial charge in [-0.15, -0.1) is 0 Å². The van der Waals surface area contributed by atoms with Crippen molar-refractivity contribution in [2.45, 2.75) is 12.5 Å². The summed E-state index contributed by atoms with van der Waals surface area (Å²) in [7, 11) is 1.43. The first-order valence-electron chi connectivity index (χ1n) is 5.01. The van der Waals surface area contributed by atoms with Crippen molar-refractivity contribution in [1.29, 1.82) is 0 Å². The van der Waals surface area contributed by atoms with E-state index in [-0.39, 0.29) is 23.3 Å². The number of imide groups is 1. The number of rotatable bonds is 2. The SMILES string of the molecule is CN1C(=O)CC(Nc2ccc(F)c(Cl)c2)C1=O. The van der Waals surface area contributed by atoms with Crippen LogP contribution < -0.4 is 5.32 Å². The fraction of sp³-hybridized carbons (Fsp3) is 0.273. The van der Waals surface area contributed by atoms with Gasteiger partial charge in [-0.05, 0) is 18.2 Å². The molecule has 1 unspecified atom stereocenters. The van der Waals surface area contributed by atoms with Crippen LogP contribution in [0, 0.1) is 5.82 Å². The number of anilines is 1. The van der Waals surface area contributed by atoms with Gasteiger partial charge in [-0.2, -0.15) is 0 Å². The summed E-state index contributed by atoms with van der Waals surface area (Å²) in [6, 6.07) is 3.45. The van der Waals surface area contributed by atoms with Crippen LogP contribution in [0.3, 0.4) is 0 Å². The van der Waals surface area contributed by atoms with E-state index >= 15 is 0 Å². The molecule has 0 saturated carbocycles. The van der Waals surface area contributed by atoms with Gasteiger partial charge >= 0.3 is 0 Å². The molecular weight excluding hydrogens is 247 g/mol. The summed E-state index contributed by atoms with van der Waals surface area (Å²) in [5, 5.41) is 2.83. The zero-order valence-electron chi connectivity index (χ0n) is 9.04. The molecule has 1 aliphatic rings. The van der Waals surface area contributed by atoms with E-state index in [1.165, 1.54) is 25.2 Å². The number of carbonyl (C=O) groups is 2. The lowest BCUT2D eigenvalue weighted by molar-refractivity contribution is -0.136. The molecule has 1 aliphatic heterocycles. The van der Waals surface area contributed by atoms with Gasteiger partial charge in [0.25, 0.3) is 5.91 Å². The van der Waals surface area contributed by atoms with Gasteiger partial charge in [0, 0.05) is 12.7 Å². The van der Waals surface area contributed by atoms with Crippen molar-refractivity contribution in [1.82, 2.24) is 4.90 Å². The molecule has 0 bridgehead atoms. The first kappa shape index (κ1) is 11.9. The number of nitrogens with one attached hydrogen (secondary N) is 1. The Hall–Kier alpha value is -1.62. The molecule has 4 nitrogen and oxygen atoms in total. The molecule has 1 N–H and O–H groups in total. The van der Waals surface area contributed by atoms with E-state index in [2.05, 4.69) is 5.32 Å². The number of hydrogen-bond acceptors (Lipinski definition) is 3. The van der Waals surface area contributed by atoms with Gasteiger partial charge in [-0.1, -0.05) is 11.6 Å². The highest BCUT2D eigenvalue weighted by Crippen LogP contribution is 2.22. The highest BCUT2D eigenvalue weighted by molar-refractivity contribution is 6.31. The van der Waals surface area contributed by atoms with E-state index in [4.69, 9.17) is 11.6 Å². The van der Waals surface area contributed by atoms with Crippen LogP contribution in [0.15, 0.2) is 18.2 Å². The maximum atomic E-state index is 12.9. The minimum atomic E-state index is -0.603. The maximum absolute atomic E-state index is 12.9. The van der Waals surface area contributed by atoms with E-state index in [0.717, 1.165) is 4.90 Å². The molecule has 1 fully saturated rings. The average molecular weight is 257 g/mol. The molecule has 6 heteroatoms. The Morgan fingerprint density at radius 2 is 2.18 bits per heavy atom. The van der Waals surface area contributed by atoms with Crippen molar-refractivity contribution in [2.24, 2.45) is 0 Å². The molecule has 90 valence electrons. The molecule has 1 atom stereocenters. The number of likely N-dealkylation sites (tertiary alicyclic amines) is 1. The van der Waals surface area contributed by atoms with Gasteiger partial charge in [0.2, 0.25) is 5.91 Å². The largest absolute Gasteiger partial charge is 0.373 e. The summed E-state index contributed by atoms with van der Waals surface area (Å²) in [5.74, 6) is -1.06. The molecule has 1 aromatic rings. The lowest BCUT2D eigenvalue weighted by atomic mass is 10.2. The third-order valence-corrected chi connectivity index (χ3v) is 2.93. The molecule has 17 heavy (non-hydrogen) atoms. The molecule has 2 amide bonds. The topological polar surface area (TPSA) is 49.4 Å². The standard InChI is InChI=1S/C11H10ClFN2O2/c1-15-10(16)5-9(11(15)17)14-6-2-3-8(13)7(12)4-6/h2-4,9,14H,5H2,1H3. The lowest BCUT2D eigenvalue weighted by Gasteiger charge is -2.12. The van der Waals surface area contributed by atoms with Crippen LogP contribution in [0.4, 0.5) is 10.1 Å². The molecule has 1 heterocycles. The lowest BCUT2D eigenvalue weighted by Crippen LogP contribution is -2.31. The van der Waals surface area contributed by atoms with Crippen molar-refractivity contribution in [2.75, 3.05) is 12.4 Å². The van der Waals surface area contributed by atoms with Crippen LogP contribution in [0.5, 0.6) is 0 Å². The Bertz CT molecular complexity index is 492. The Kier molecular flexibility index (Phi) is 3.02. The maximum Gasteiger partial charge on any atom is 0.251 e. The molecule has 0 spiro atoms. The van der Waals surface area contributed by atoms with Crippen LogP contribution >= 0.6 is 11.6 Å². The highest BCUT2D eigenvalue weighted by Gasteiger charge is 2.35. The summed E-state index contributed by atoms with van der Waals surface area (Å²) < 4.78 is 12.9. The van der Waals surface area contributed by atoms with E-state index in [0.29, 0.717) is 5.69 Å². The number of halogens is 2. The quantitative estimate of drug-likeness (QED) is 0.819. The highest BCUT2D eigenvalue weighted by atomic mass is 35.5. The van der Waals surface area contributed by atoms with E-state index in [1.54, 1.807) is 0 Å². The van der Waals surface area contributed by atoms with Gasteiger partial charge in [0.1, 0.15) is 11.9 Å². The predicted octanol–water partition coefficient (Wildman–Crippen LogP) is 1.65. The van der Waals surface area contributed by atoms with E-state index in [9.17, 15) is 14.0 Å². The molecule has 1 aromatic carbocycles. The molecular formula is C11H10ClFN2O2. The third-order valence-electron chi connectivity index (χ3n) is 2.64. The minimum Gasteiger partial charge on any atom is -0.373 e. The summed E-state index contributed by atoms with van der Waals surface area (Å²) in [6.45, 7) is 0. The van der Waals surface area contributed by atoms with E-state index in [1.807, 2.05) is 0 Å². The second-order valence-corrected chi connectivity index (χ2v) is 4.23. The van der Waals surface area contributed by atoms with Gasteiger partial charge in [0.15, 0.2) is 0 Å². The van der Waals surface area contributed by atoms with E-state index < -0.39 is 11.9 Å². The Morgan fingerprint density at radius 3 is 2.71 bits per heavy atom. The van der Waals surface area contributed by atoms with Crippen molar-refractivity contribution in [3.8, 4) is 0 Å². The Balaban J connectivity index is 2.14. The number of hydrogen-bond donors (Lipinski definition) is 1. The van der Waals surface area contributed by atoms with Gasteiger partial charge in [0.05, 0.1) is 11.4 Å². The summed E-state index contributed by atoms with van der Waals surface area (Å²) in [5.41, 5.74) is 0.512. The van der Waals surface area contributed by atoms with Gasteiger partial charge < -0.3 is 5.32 Å². The van der Waals surface area contributed by atoms with Crippen LogP contribution in [-0.4, -0.2) is 29.8 Å². The number of carbonyl (C=O) groups excluding carboxylic acids is 2. The van der Waals surface area contributed by atoms with Crippen molar-refractivity contribution in [3.63, 3.8) is 0 Å². The second kappa shape index (κ2) is 4.33. The normalized spacial score (nSPS) is 19.9. The first-order chi connectivity index (χ1) is 7.99. The Morgan fingerprint density at radius 1 is 1.47 bits per heavy atom. The summed E-state index contributed by atoms with van der Waals surface area (Å²) >= 11 is 5.62. The van der Waals surface area contributed by atoms with Crippen LogP contribution in [0.25, 0.3) is 0 Å². The van der Waals surface area contributed by atoms with Crippen LogP contribution in [-0.2, 0) is 9.59 Å². The molecule has 2 rings (SSSR count). The van der Waals surface area contributed by atoms with Crippen molar-refractivity contribution in [3.05, 3.63) is 29.0 Å². The smallest absolute Gasteiger partial charge is 0.251 e. The Labute approximate surface area is 102 Å². The zero-order chi connectivity index (χ0) is 12.6. The molecule has 1 saturated heterocycles. The van der Waals surface area contributed by atoms with Crippen LogP contribution in [0.2, 0.25) is 5.02 Å². The number of nitrogens with zero attached hydrogens (tertiary/aromatic N) is 1. The molecule has 0 aliphatic carbocycles. The first-order valence-corrected chi connectivity index (χ1v) is 5.39. The monoisotopic (exact) mass is 256 g/mol. The summed E-state index contributed by atoms with van der Waals surface area (Å²) in [4.78, 5) is 24.0. The molecule has 0 aromatic heterocycles. The second-order valence-electron chi connectivity index (χ2n) is 3.82. The number of likely N-dealkylation sites (N-methyl/N-ethyl adjacent to an activating group) is 1. The van der Waals surface area contributed by atoms with Crippen LogP contribution in [0.1, 0.15) is 6.42 Å². The third kappa shape index (κ3) is 2.24. The number of amides is 2. The zero-order valence-corrected chi connectivity index (χ0v) is 9.79. The fourth-order valence-corrected chi connectivity index (χ4v) is 1.84.